The van der Waals surface area contributed by atoms with E-state index in [2.05, 4.69) is 20.5 Å². The third-order valence-corrected chi connectivity index (χ3v) is 5.27. The van der Waals surface area contributed by atoms with Gasteiger partial charge in [-0.05, 0) is 42.3 Å². The van der Waals surface area contributed by atoms with E-state index in [1.165, 1.54) is 0 Å². The van der Waals surface area contributed by atoms with Crippen molar-refractivity contribution in [2.24, 2.45) is 0 Å². The van der Waals surface area contributed by atoms with Crippen LogP contribution in [0.15, 0.2) is 29.8 Å². The molecule has 0 saturated heterocycles. The fourth-order valence-corrected chi connectivity index (χ4v) is 3.88. The van der Waals surface area contributed by atoms with Crippen molar-refractivity contribution in [1.82, 2.24) is 20.5 Å². The first-order valence-electron chi connectivity index (χ1n) is 8.17. The number of thiophene rings is 1. The number of rotatable bonds is 5. The maximum absolute atomic E-state index is 12.7. The van der Waals surface area contributed by atoms with Crippen molar-refractivity contribution in [2.75, 3.05) is 7.11 Å². The molecule has 6 nitrogen and oxygen atoms in total. The molecule has 3 aromatic rings. The van der Waals surface area contributed by atoms with Crippen LogP contribution in [0.2, 0.25) is 0 Å². The highest BCUT2D eigenvalue weighted by Crippen LogP contribution is 2.27. The number of aromatic nitrogens is 3. The van der Waals surface area contributed by atoms with Crippen LogP contribution in [0.5, 0.6) is 5.88 Å². The number of amides is 1. The van der Waals surface area contributed by atoms with Crippen LogP contribution in [0, 0.1) is 0 Å². The van der Waals surface area contributed by atoms with Gasteiger partial charge < -0.3 is 10.1 Å². The number of H-pyrrole nitrogens is 1. The molecule has 0 bridgehead atoms. The lowest BCUT2D eigenvalue weighted by Crippen LogP contribution is -2.24. The number of hydrogen-bond acceptors (Lipinski definition) is 5. The molecule has 2 N–H and O–H groups in total. The number of carbonyl (C=O) groups excluding carboxylic acids is 1. The lowest BCUT2D eigenvalue weighted by molar-refractivity contribution is 0.0947. The maximum atomic E-state index is 12.7. The van der Waals surface area contributed by atoms with E-state index < -0.39 is 0 Å². The van der Waals surface area contributed by atoms with Crippen molar-refractivity contribution in [3.8, 4) is 16.5 Å². The Morgan fingerprint density at radius 1 is 1.44 bits per heavy atom. The molecule has 0 saturated carbocycles. The predicted molar refractivity (Wildman–Crippen MR) is 95.9 cm³/mol. The highest BCUT2D eigenvalue weighted by Gasteiger charge is 2.21. The summed E-state index contributed by atoms with van der Waals surface area (Å²) in [5, 5.41) is 12.1. The highest BCUT2D eigenvalue weighted by molar-refractivity contribution is 7.13. The lowest BCUT2D eigenvalue weighted by atomic mass is 10.1. The van der Waals surface area contributed by atoms with Gasteiger partial charge in [0.2, 0.25) is 5.88 Å². The molecule has 0 radical (unpaired) electrons. The molecule has 0 spiro atoms. The van der Waals surface area contributed by atoms with Crippen LogP contribution in [-0.2, 0) is 19.4 Å². The van der Waals surface area contributed by atoms with E-state index in [1.54, 1.807) is 24.6 Å². The van der Waals surface area contributed by atoms with Crippen LogP contribution in [0.4, 0.5) is 0 Å². The SMILES string of the molecule is COc1nc2c(cc1C(=O)NCc1cn[nH]c1-c1cccs1)CCC2. The Morgan fingerprint density at radius 3 is 3.16 bits per heavy atom. The number of fused-ring (bicyclic) bond motifs is 1. The molecule has 1 aliphatic rings. The number of carbonyl (C=O) groups is 1. The second-order valence-electron chi connectivity index (χ2n) is 5.93. The van der Waals surface area contributed by atoms with Crippen molar-refractivity contribution in [2.45, 2.75) is 25.8 Å². The number of ether oxygens (including phenoxy) is 1. The smallest absolute Gasteiger partial charge is 0.257 e. The molecule has 1 aliphatic carbocycles. The van der Waals surface area contributed by atoms with Gasteiger partial charge in [0.1, 0.15) is 5.56 Å². The Bertz CT molecular complexity index is 902. The summed E-state index contributed by atoms with van der Waals surface area (Å²) >= 11 is 1.63. The molecule has 0 aromatic carbocycles. The third-order valence-electron chi connectivity index (χ3n) is 4.38. The standard InChI is InChI=1S/C18H18N4O2S/c1-24-18-13(8-11-4-2-5-14(11)21-18)17(23)19-9-12-10-20-22-16(12)15-6-3-7-25-15/h3,6-8,10H,2,4-5,9H2,1H3,(H,19,23)(H,20,22). The Labute approximate surface area is 149 Å². The predicted octanol–water partition coefficient (Wildman–Crippen LogP) is 2.96. The van der Waals surface area contributed by atoms with Crippen LogP contribution in [-0.4, -0.2) is 28.2 Å². The molecular weight excluding hydrogens is 336 g/mol. The van der Waals surface area contributed by atoms with Gasteiger partial charge in [0.25, 0.3) is 5.91 Å². The summed E-state index contributed by atoms with van der Waals surface area (Å²) in [4.78, 5) is 18.3. The average molecular weight is 354 g/mol. The molecule has 0 aliphatic heterocycles. The van der Waals surface area contributed by atoms with Crippen LogP contribution in [0.3, 0.4) is 0 Å². The zero-order valence-corrected chi connectivity index (χ0v) is 14.7. The molecule has 0 fully saturated rings. The average Bonchev–Trinajstić information content (AvgIpc) is 3.38. The third kappa shape index (κ3) is 3.02. The second-order valence-corrected chi connectivity index (χ2v) is 6.88. The van der Waals surface area contributed by atoms with Crippen molar-refractivity contribution in [3.63, 3.8) is 0 Å². The van der Waals surface area contributed by atoms with Crippen molar-refractivity contribution in [3.05, 3.63) is 52.2 Å². The Kier molecular flexibility index (Phi) is 4.23. The minimum absolute atomic E-state index is 0.183. The molecule has 128 valence electrons. The molecule has 25 heavy (non-hydrogen) atoms. The number of pyridine rings is 1. The first-order chi connectivity index (χ1) is 12.3. The van der Waals surface area contributed by atoms with Gasteiger partial charge in [0.15, 0.2) is 0 Å². The minimum Gasteiger partial charge on any atom is -0.480 e. The quantitative estimate of drug-likeness (QED) is 0.738. The summed E-state index contributed by atoms with van der Waals surface area (Å²) < 4.78 is 5.32. The van der Waals surface area contributed by atoms with E-state index in [0.29, 0.717) is 18.0 Å². The van der Waals surface area contributed by atoms with E-state index in [-0.39, 0.29) is 5.91 Å². The molecule has 7 heteroatoms. The number of methoxy groups -OCH3 is 1. The monoisotopic (exact) mass is 354 g/mol. The molecule has 0 atom stereocenters. The Hall–Kier alpha value is -2.67. The molecular formula is C18H18N4O2S. The van der Waals surface area contributed by atoms with Crippen molar-refractivity contribution < 1.29 is 9.53 Å². The van der Waals surface area contributed by atoms with Gasteiger partial charge in [-0.3, -0.25) is 9.89 Å². The minimum atomic E-state index is -0.183. The fraction of sp³-hybridized carbons (Fsp3) is 0.278. The van der Waals surface area contributed by atoms with Gasteiger partial charge in [-0.15, -0.1) is 11.3 Å². The van der Waals surface area contributed by atoms with E-state index in [9.17, 15) is 4.79 Å². The molecule has 0 unspecified atom stereocenters. The number of aromatic amines is 1. The fourth-order valence-electron chi connectivity index (χ4n) is 3.12. The van der Waals surface area contributed by atoms with Gasteiger partial charge in [-0.25, -0.2) is 4.98 Å². The van der Waals surface area contributed by atoms with Gasteiger partial charge in [0.05, 0.1) is 23.9 Å². The first kappa shape index (κ1) is 15.8. The van der Waals surface area contributed by atoms with E-state index in [0.717, 1.165) is 46.7 Å². The molecule has 4 rings (SSSR count). The van der Waals surface area contributed by atoms with Crippen molar-refractivity contribution >= 4 is 17.2 Å². The number of hydrogen-bond donors (Lipinski definition) is 2. The van der Waals surface area contributed by atoms with E-state index in [4.69, 9.17) is 4.74 Å². The van der Waals surface area contributed by atoms with Gasteiger partial charge in [-0.1, -0.05) is 6.07 Å². The Morgan fingerprint density at radius 2 is 2.36 bits per heavy atom. The Balaban J connectivity index is 1.53. The number of nitrogens with zero attached hydrogens (tertiary/aromatic N) is 2. The van der Waals surface area contributed by atoms with Crippen molar-refractivity contribution in [1.29, 1.82) is 0 Å². The molecule has 1 amide bonds. The van der Waals surface area contributed by atoms with E-state index >= 15 is 0 Å². The van der Waals surface area contributed by atoms with Crippen LogP contribution in [0.1, 0.15) is 33.6 Å². The van der Waals surface area contributed by atoms with Gasteiger partial charge in [0, 0.05) is 17.8 Å². The zero-order valence-electron chi connectivity index (χ0n) is 13.8. The van der Waals surface area contributed by atoms with Crippen LogP contribution in [0.25, 0.3) is 10.6 Å². The topological polar surface area (TPSA) is 79.9 Å². The summed E-state index contributed by atoms with van der Waals surface area (Å²) in [5.41, 5.74) is 4.57. The largest absolute Gasteiger partial charge is 0.480 e. The number of aryl methyl sites for hydroxylation is 2. The van der Waals surface area contributed by atoms with Crippen LogP contribution >= 0.6 is 11.3 Å². The highest BCUT2D eigenvalue weighted by atomic mass is 32.1. The first-order valence-corrected chi connectivity index (χ1v) is 9.05. The normalized spacial score (nSPS) is 12.8. The maximum Gasteiger partial charge on any atom is 0.257 e. The second kappa shape index (κ2) is 6.68. The zero-order chi connectivity index (χ0) is 17.2. The van der Waals surface area contributed by atoms with Gasteiger partial charge >= 0.3 is 0 Å². The summed E-state index contributed by atoms with van der Waals surface area (Å²) in [6.45, 7) is 0.392. The summed E-state index contributed by atoms with van der Waals surface area (Å²) in [5.74, 6) is 0.209. The van der Waals surface area contributed by atoms with E-state index in [1.807, 2.05) is 23.6 Å². The molecule has 3 aromatic heterocycles. The summed E-state index contributed by atoms with van der Waals surface area (Å²) in [6.07, 6.45) is 4.74. The summed E-state index contributed by atoms with van der Waals surface area (Å²) in [7, 11) is 1.55. The van der Waals surface area contributed by atoms with Crippen LogP contribution < -0.4 is 10.1 Å². The number of nitrogens with one attached hydrogen (secondary N) is 2. The lowest BCUT2D eigenvalue weighted by Gasteiger charge is -2.11. The molecule has 3 heterocycles. The summed E-state index contributed by atoms with van der Waals surface area (Å²) in [6, 6.07) is 5.93. The van der Waals surface area contributed by atoms with Gasteiger partial charge in [-0.2, -0.15) is 5.10 Å².